The molecule has 0 fully saturated rings. The van der Waals surface area contributed by atoms with Gasteiger partial charge in [0, 0.05) is 0 Å². The molecule has 0 aliphatic heterocycles. The second kappa shape index (κ2) is 2.86. The third kappa shape index (κ3) is 1.09. The van der Waals surface area contributed by atoms with Crippen LogP contribution in [0, 0.1) is 6.92 Å². The number of hydrogen-bond acceptors (Lipinski definition) is 3. The SMILES string of the molecule is Cc1c(=O)ncn2ncn(C(F)F)c12. The van der Waals surface area contributed by atoms with Crippen molar-refractivity contribution >= 4 is 5.65 Å². The van der Waals surface area contributed by atoms with Crippen LogP contribution in [0.3, 0.4) is 0 Å². The van der Waals surface area contributed by atoms with Crippen molar-refractivity contribution in [3.05, 3.63) is 28.6 Å². The molecular weight excluding hydrogens is 194 g/mol. The molecular formula is C7H6F2N4O. The van der Waals surface area contributed by atoms with E-state index in [1.807, 2.05) is 0 Å². The lowest BCUT2D eigenvalue weighted by molar-refractivity contribution is 0.0742. The number of aromatic nitrogens is 4. The second-order valence-corrected chi connectivity index (χ2v) is 2.76. The van der Waals surface area contributed by atoms with E-state index in [4.69, 9.17) is 0 Å². The quantitative estimate of drug-likeness (QED) is 0.677. The van der Waals surface area contributed by atoms with Crippen LogP contribution in [0.2, 0.25) is 0 Å². The Balaban J connectivity index is 2.89. The minimum absolute atomic E-state index is 0.0694. The van der Waals surface area contributed by atoms with Crippen LogP contribution >= 0.6 is 0 Å². The van der Waals surface area contributed by atoms with Gasteiger partial charge in [0.25, 0.3) is 5.56 Å². The predicted octanol–water partition coefficient (Wildman–Crippen LogP) is 0.595. The number of nitrogens with zero attached hydrogens (tertiary/aromatic N) is 4. The van der Waals surface area contributed by atoms with E-state index < -0.39 is 12.1 Å². The normalized spacial score (nSPS) is 11.4. The number of hydrogen-bond donors (Lipinski definition) is 0. The van der Waals surface area contributed by atoms with Crippen molar-refractivity contribution in [1.29, 1.82) is 0 Å². The van der Waals surface area contributed by atoms with Crippen molar-refractivity contribution in [2.24, 2.45) is 0 Å². The second-order valence-electron chi connectivity index (χ2n) is 2.76. The van der Waals surface area contributed by atoms with E-state index in [1.54, 1.807) is 0 Å². The Morgan fingerprint density at radius 1 is 1.43 bits per heavy atom. The Morgan fingerprint density at radius 2 is 2.14 bits per heavy atom. The molecule has 0 aliphatic rings. The Hall–Kier alpha value is -1.79. The fraction of sp³-hybridized carbons (Fsp3) is 0.286. The molecule has 0 atom stereocenters. The van der Waals surface area contributed by atoms with Gasteiger partial charge in [-0.15, -0.1) is 0 Å². The molecule has 0 N–H and O–H groups in total. The summed E-state index contributed by atoms with van der Waals surface area (Å²) >= 11 is 0. The average molecular weight is 200 g/mol. The van der Waals surface area contributed by atoms with E-state index in [0.717, 1.165) is 17.2 Å². The Kier molecular flexibility index (Phi) is 1.80. The van der Waals surface area contributed by atoms with Crippen LogP contribution in [0.15, 0.2) is 17.4 Å². The van der Waals surface area contributed by atoms with Crippen LogP contribution in [-0.2, 0) is 0 Å². The van der Waals surface area contributed by atoms with E-state index in [-0.39, 0.29) is 11.2 Å². The molecule has 0 saturated heterocycles. The summed E-state index contributed by atoms with van der Waals surface area (Å²) in [6.07, 6.45) is 2.08. The van der Waals surface area contributed by atoms with E-state index in [2.05, 4.69) is 10.1 Å². The first-order valence-electron chi connectivity index (χ1n) is 3.80. The van der Waals surface area contributed by atoms with Crippen molar-refractivity contribution in [1.82, 2.24) is 19.2 Å². The summed E-state index contributed by atoms with van der Waals surface area (Å²) in [5, 5.41) is 3.64. The third-order valence-electron chi connectivity index (χ3n) is 1.91. The standard InChI is InChI=1S/C7H6F2N4O/c1-4-5(14)10-2-13-6(4)12(3-11-13)7(8)9/h2-3,7H,1H3. The number of halogens is 2. The molecule has 0 aliphatic carbocycles. The van der Waals surface area contributed by atoms with Crippen LogP contribution in [0.5, 0.6) is 0 Å². The molecule has 0 bridgehead atoms. The van der Waals surface area contributed by atoms with Gasteiger partial charge < -0.3 is 0 Å². The first-order valence-corrected chi connectivity index (χ1v) is 3.80. The first kappa shape index (κ1) is 8.79. The fourth-order valence-corrected chi connectivity index (χ4v) is 1.23. The lowest BCUT2D eigenvalue weighted by atomic mass is 10.3. The minimum Gasteiger partial charge on any atom is -0.267 e. The summed E-state index contributed by atoms with van der Waals surface area (Å²) in [5.74, 6) is 0. The van der Waals surface area contributed by atoms with Crippen LogP contribution in [0.25, 0.3) is 5.65 Å². The number of fused-ring (bicyclic) bond motifs is 1. The summed E-state index contributed by atoms with van der Waals surface area (Å²) in [4.78, 5) is 14.6. The molecule has 2 heterocycles. The van der Waals surface area contributed by atoms with Crippen LogP contribution in [0.4, 0.5) is 8.78 Å². The van der Waals surface area contributed by atoms with Crippen molar-refractivity contribution < 1.29 is 8.78 Å². The summed E-state index contributed by atoms with van der Waals surface area (Å²) in [6, 6.07) is 0. The van der Waals surface area contributed by atoms with E-state index in [9.17, 15) is 13.6 Å². The zero-order valence-corrected chi connectivity index (χ0v) is 7.19. The van der Waals surface area contributed by atoms with Gasteiger partial charge in [0.15, 0.2) is 0 Å². The maximum Gasteiger partial charge on any atom is 0.321 e. The van der Waals surface area contributed by atoms with Gasteiger partial charge in [-0.05, 0) is 6.92 Å². The molecule has 0 amide bonds. The molecule has 5 nitrogen and oxygen atoms in total. The highest BCUT2D eigenvalue weighted by molar-refractivity contribution is 5.45. The first-order chi connectivity index (χ1) is 6.61. The smallest absolute Gasteiger partial charge is 0.267 e. The largest absolute Gasteiger partial charge is 0.321 e. The Morgan fingerprint density at radius 3 is 2.79 bits per heavy atom. The van der Waals surface area contributed by atoms with E-state index in [1.165, 1.54) is 6.92 Å². The summed E-state index contributed by atoms with van der Waals surface area (Å²) in [7, 11) is 0. The van der Waals surface area contributed by atoms with E-state index in [0.29, 0.717) is 4.57 Å². The number of alkyl halides is 2. The topological polar surface area (TPSA) is 52.2 Å². The van der Waals surface area contributed by atoms with Gasteiger partial charge in [-0.2, -0.15) is 18.9 Å². The number of aryl methyl sites for hydroxylation is 1. The molecule has 0 radical (unpaired) electrons. The van der Waals surface area contributed by atoms with Crippen LogP contribution in [-0.4, -0.2) is 19.2 Å². The van der Waals surface area contributed by atoms with Crippen molar-refractivity contribution in [2.75, 3.05) is 0 Å². The maximum absolute atomic E-state index is 12.4. The van der Waals surface area contributed by atoms with Gasteiger partial charge in [0.05, 0.1) is 5.56 Å². The maximum atomic E-state index is 12.4. The zero-order chi connectivity index (χ0) is 10.3. The monoisotopic (exact) mass is 200 g/mol. The third-order valence-corrected chi connectivity index (χ3v) is 1.91. The van der Waals surface area contributed by atoms with Crippen molar-refractivity contribution in [3.63, 3.8) is 0 Å². The Bertz CT molecular complexity index is 530. The van der Waals surface area contributed by atoms with Crippen LogP contribution in [0.1, 0.15) is 12.1 Å². The fourth-order valence-electron chi connectivity index (χ4n) is 1.23. The molecule has 2 aromatic rings. The highest BCUT2D eigenvalue weighted by Gasteiger charge is 2.13. The molecule has 0 saturated carbocycles. The summed E-state index contributed by atoms with van der Waals surface area (Å²) in [6.45, 7) is -1.28. The molecule has 0 unspecified atom stereocenters. The molecule has 2 rings (SSSR count). The number of rotatable bonds is 1. The summed E-state index contributed by atoms with van der Waals surface area (Å²) < 4.78 is 26.6. The molecule has 74 valence electrons. The molecule has 0 aromatic carbocycles. The van der Waals surface area contributed by atoms with E-state index >= 15 is 0 Å². The van der Waals surface area contributed by atoms with Crippen LogP contribution < -0.4 is 5.56 Å². The lowest BCUT2D eigenvalue weighted by Crippen LogP contribution is -2.14. The predicted molar refractivity (Wildman–Crippen MR) is 43.2 cm³/mol. The zero-order valence-electron chi connectivity index (χ0n) is 7.19. The summed E-state index contributed by atoms with van der Waals surface area (Å²) in [5.41, 5.74) is -0.294. The van der Waals surface area contributed by atoms with Gasteiger partial charge in [0.2, 0.25) is 0 Å². The van der Waals surface area contributed by atoms with Gasteiger partial charge >= 0.3 is 6.55 Å². The van der Waals surface area contributed by atoms with Crippen molar-refractivity contribution in [3.8, 4) is 0 Å². The minimum atomic E-state index is -2.71. The molecule has 7 heteroatoms. The van der Waals surface area contributed by atoms with Gasteiger partial charge in [0.1, 0.15) is 18.3 Å². The van der Waals surface area contributed by atoms with Gasteiger partial charge in [-0.25, -0.2) is 4.52 Å². The molecule has 14 heavy (non-hydrogen) atoms. The van der Waals surface area contributed by atoms with Crippen molar-refractivity contribution in [2.45, 2.75) is 13.5 Å². The van der Waals surface area contributed by atoms with Gasteiger partial charge in [-0.3, -0.25) is 9.36 Å². The molecule has 2 aromatic heterocycles. The lowest BCUT2D eigenvalue weighted by Gasteiger charge is -2.02. The highest BCUT2D eigenvalue weighted by atomic mass is 19.3. The molecule has 0 spiro atoms. The Labute approximate surface area is 76.6 Å². The average Bonchev–Trinajstić information content (AvgIpc) is 2.55. The van der Waals surface area contributed by atoms with Gasteiger partial charge in [-0.1, -0.05) is 0 Å². The highest BCUT2D eigenvalue weighted by Crippen LogP contribution is 2.14.